The van der Waals surface area contributed by atoms with Crippen LogP contribution in [-0.2, 0) is 9.84 Å². The Morgan fingerprint density at radius 2 is 1.94 bits per heavy atom. The summed E-state index contributed by atoms with van der Waals surface area (Å²) in [7, 11) is -2.74. The fourth-order valence-corrected chi connectivity index (χ4v) is 3.93. The SMILES string of the molecule is CC(C)CCCC(C)NC1CCS(=O)(=O)C1. The predicted molar refractivity (Wildman–Crippen MR) is 68.3 cm³/mol. The second-order valence-corrected chi connectivity index (χ2v) is 7.72. The maximum Gasteiger partial charge on any atom is 0.151 e. The highest BCUT2D eigenvalue weighted by atomic mass is 32.2. The summed E-state index contributed by atoms with van der Waals surface area (Å²) in [4.78, 5) is 0. The van der Waals surface area contributed by atoms with Crippen molar-refractivity contribution in [2.24, 2.45) is 5.92 Å². The van der Waals surface area contributed by atoms with Gasteiger partial charge >= 0.3 is 0 Å². The summed E-state index contributed by atoms with van der Waals surface area (Å²) >= 11 is 0. The van der Waals surface area contributed by atoms with Gasteiger partial charge in [0, 0.05) is 12.1 Å². The van der Waals surface area contributed by atoms with Crippen LogP contribution in [0.4, 0.5) is 0 Å². The standard InChI is InChI=1S/C12H25NO2S/c1-10(2)5-4-6-11(3)13-12-7-8-16(14,15)9-12/h10-13H,4-9H2,1-3H3. The molecule has 0 amide bonds. The lowest BCUT2D eigenvalue weighted by Crippen LogP contribution is -2.37. The van der Waals surface area contributed by atoms with E-state index in [1.54, 1.807) is 0 Å². The van der Waals surface area contributed by atoms with E-state index >= 15 is 0 Å². The van der Waals surface area contributed by atoms with Crippen LogP contribution in [0.5, 0.6) is 0 Å². The average molecular weight is 247 g/mol. The van der Waals surface area contributed by atoms with Gasteiger partial charge in [-0.3, -0.25) is 0 Å². The number of hydrogen-bond acceptors (Lipinski definition) is 3. The Morgan fingerprint density at radius 1 is 1.25 bits per heavy atom. The molecular weight excluding hydrogens is 222 g/mol. The molecule has 1 saturated heterocycles. The Balaban J connectivity index is 2.17. The van der Waals surface area contributed by atoms with Crippen molar-refractivity contribution in [3.8, 4) is 0 Å². The van der Waals surface area contributed by atoms with Crippen LogP contribution >= 0.6 is 0 Å². The minimum absolute atomic E-state index is 0.194. The predicted octanol–water partition coefficient (Wildman–Crippen LogP) is 1.98. The molecular formula is C12H25NO2S. The van der Waals surface area contributed by atoms with Crippen molar-refractivity contribution in [2.75, 3.05) is 11.5 Å². The summed E-state index contributed by atoms with van der Waals surface area (Å²) in [6.07, 6.45) is 4.42. The molecule has 1 rings (SSSR count). The number of rotatable bonds is 6. The van der Waals surface area contributed by atoms with Crippen LogP contribution in [-0.4, -0.2) is 32.0 Å². The van der Waals surface area contributed by atoms with E-state index in [0.717, 1.165) is 18.8 Å². The van der Waals surface area contributed by atoms with Crippen LogP contribution in [0, 0.1) is 5.92 Å². The molecule has 0 aromatic carbocycles. The molecule has 1 fully saturated rings. The molecule has 0 radical (unpaired) electrons. The largest absolute Gasteiger partial charge is 0.310 e. The molecule has 0 bridgehead atoms. The zero-order valence-electron chi connectivity index (χ0n) is 10.7. The summed E-state index contributed by atoms with van der Waals surface area (Å²) in [5.74, 6) is 1.46. The quantitative estimate of drug-likeness (QED) is 0.780. The van der Waals surface area contributed by atoms with Gasteiger partial charge in [-0.05, 0) is 25.7 Å². The summed E-state index contributed by atoms with van der Waals surface area (Å²) in [5, 5.41) is 3.43. The first-order chi connectivity index (χ1) is 7.39. The fourth-order valence-electron chi connectivity index (χ4n) is 2.24. The molecule has 2 unspecified atom stereocenters. The highest BCUT2D eigenvalue weighted by Crippen LogP contribution is 2.14. The van der Waals surface area contributed by atoms with Crippen LogP contribution in [0.1, 0.15) is 46.5 Å². The second kappa shape index (κ2) is 6.01. The maximum absolute atomic E-state index is 11.3. The van der Waals surface area contributed by atoms with E-state index in [2.05, 4.69) is 26.1 Å². The van der Waals surface area contributed by atoms with E-state index in [1.807, 2.05) is 0 Å². The first-order valence-electron chi connectivity index (χ1n) is 6.35. The minimum Gasteiger partial charge on any atom is -0.310 e. The maximum atomic E-state index is 11.3. The summed E-state index contributed by atoms with van der Waals surface area (Å²) in [5.41, 5.74) is 0. The van der Waals surface area contributed by atoms with Gasteiger partial charge in [0.2, 0.25) is 0 Å². The third kappa shape index (κ3) is 5.30. The Bertz CT molecular complexity index is 298. The molecule has 16 heavy (non-hydrogen) atoms. The van der Waals surface area contributed by atoms with Gasteiger partial charge in [-0.1, -0.05) is 26.7 Å². The Labute approximate surface area is 99.9 Å². The normalized spacial score (nSPS) is 26.1. The van der Waals surface area contributed by atoms with Crippen molar-refractivity contribution in [3.63, 3.8) is 0 Å². The Hall–Kier alpha value is -0.0900. The molecule has 1 aliphatic rings. The van der Waals surface area contributed by atoms with E-state index in [0.29, 0.717) is 17.5 Å². The van der Waals surface area contributed by atoms with Gasteiger partial charge in [-0.25, -0.2) is 8.42 Å². The highest BCUT2D eigenvalue weighted by molar-refractivity contribution is 7.91. The van der Waals surface area contributed by atoms with Crippen molar-refractivity contribution >= 4 is 9.84 Å². The van der Waals surface area contributed by atoms with Crippen LogP contribution in [0.25, 0.3) is 0 Å². The molecule has 3 nitrogen and oxygen atoms in total. The lowest BCUT2D eigenvalue weighted by Gasteiger charge is -2.18. The molecule has 1 aliphatic heterocycles. The van der Waals surface area contributed by atoms with Crippen molar-refractivity contribution in [1.82, 2.24) is 5.32 Å². The zero-order chi connectivity index (χ0) is 12.2. The first kappa shape index (κ1) is 14.0. The zero-order valence-corrected chi connectivity index (χ0v) is 11.5. The van der Waals surface area contributed by atoms with Crippen LogP contribution in [0.15, 0.2) is 0 Å². The fraction of sp³-hybridized carbons (Fsp3) is 1.00. The van der Waals surface area contributed by atoms with Gasteiger partial charge in [0.25, 0.3) is 0 Å². The van der Waals surface area contributed by atoms with Gasteiger partial charge in [0.05, 0.1) is 11.5 Å². The van der Waals surface area contributed by atoms with Crippen molar-refractivity contribution in [2.45, 2.75) is 58.5 Å². The first-order valence-corrected chi connectivity index (χ1v) is 8.17. The Kier molecular flexibility index (Phi) is 5.25. The third-order valence-corrected chi connectivity index (χ3v) is 4.94. The van der Waals surface area contributed by atoms with Gasteiger partial charge in [-0.2, -0.15) is 0 Å². The molecule has 2 atom stereocenters. The summed E-state index contributed by atoms with van der Waals surface area (Å²) in [6, 6.07) is 0.635. The highest BCUT2D eigenvalue weighted by Gasteiger charge is 2.28. The van der Waals surface area contributed by atoms with Gasteiger partial charge in [0.1, 0.15) is 0 Å². The topological polar surface area (TPSA) is 46.2 Å². The molecule has 1 heterocycles. The van der Waals surface area contributed by atoms with Gasteiger partial charge < -0.3 is 5.32 Å². The van der Waals surface area contributed by atoms with Crippen molar-refractivity contribution < 1.29 is 8.42 Å². The summed E-state index contributed by atoms with van der Waals surface area (Å²) < 4.78 is 22.6. The summed E-state index contributed by atoms with van der Waals surface area (Å²) in [6.45, 7) is 6.63. The van der Waals surface area contributed by atoms with E-state index in [-0.39, 0.29) is 6.04 Å². The molecule has 96 valence electrons. The van der Waals surface area contributed by atoms with Crippen LogP contribution in [0.2, 0.25) is 0 Å². The Morgan fingerprint density at radius 3 is 2.44 bits per heavy atom. The molecule has 0 saturated carbocycles. The lowest BCUT2D eigenvalue weighted by molar-refractivity contribution is 0.420. The van der Waals surface area contributed by atoms with E-state index < -0.39 is 9.84 Å². The average Bonchev–Trinajstić information content (AvgIpc) is 2.44. The monoisotopic (exact) mass is 247 g/mol. The number of sulfone groups is 1. The number of nitrogens with one attached hydrogen (secondary N) is 1. The van der Waals surface area contributed by atoms with E-state index in [4.69, 9.17) is 0 Å². The van der Waals surface area contributed by atoms with E-state index in [9.17, 15) is 8.42 Å². The third-order valence-electron chi connectivity index (χ3n) is 3.17. The van der Waals surface area contributed by atoms with E-state index in [1.165, 1.54) is 12.8 Å². The smallest absolute Gasteiger partial charge is 0.151 e. The van der Waals surface area contributed by atoms with Crippen LogP contribution < -0.4 is 5.32 Å². The van der Waals surface area contributed by atoms with Crippen LogP contribution in [0.3, 0.4) is 0 Å². The van der Waals surface area contributed by atoms with Gasteiger partial charge in [-0.15, -0.1) is 0 Å². The van der Waals surface area contributed by atoms with Gasteiger partial charge in [0.15, 0.2) is 9.84 Å². The molecule has 0 aromatic rings. The van der Waals surface area contributed by atoms with Crippen molar-refractivity contribution in [3.05, 3.63) is 0 Å². The van der Waals surface area contributed by atoms with Crippen molar-refractivity contribution in [1.29, 1.82) is 0 Å². The lowest BCUT2D eigenvalue weighted by atomic mass is 10.0. The molecule has 0 aromatic heterocycles. The molecule has 0 spiro atoms. The second-order valence-electron chi connectivity index (χ2n) is 5.49. The number of hydrogen-bond donors (Lipinski definition) is 1. The minimum atomic E-state index is -2.74. The molecule has 4 heteroatoms. The molecule has 0 aliphatic carbocycles. The molecule has 1 N–H and O–H groups in total.